The van der Waals surface area contributed by atoms with Crippen molar-refractivity contribution in [1.82, 2.24) is 15.3 Å². The predicted molar refractivity (Wildman–Crippen MR) is 155 cm³/mol. The van der Waals surface area contributed by atoms with Gasteiger partial charge in [0.2, 0.25) is 0 Å². The van der Waals surface area contributed by atoms with Gasteiger partial charge in [-0.15, -0.1) is 0 Å². The molecule has 1 aliphatic rings. The van der Waals surface area contributed by atoms with Gasteiger partial charge in [-0.1, -0.05) is 17.8 Å². The van der Waals surface area contributed by atoms with Gasteiger partial charge in [-0.3, -0.25) is 15.1 Å². The van der Waals surface area contributed by atoms with Gasteiger partial charge in [-0.2, -0.15) is 0 Å². The number of nitrogens with one attached hydrogen (secondary N) is 2. The second kappa shape index (κ2) is 10.2. The molecule has 1 fully saturated rings. The number of aromatic nitrogens is 2. The lowest BCUT2D eigenvalue weighted by atomic mass is 9.96. The number of hydrogen-bond acceptors (Lipinski definition) is 5. The van der Waals surface area contributed by atoms with E-state index in [1.165, 1.54) is 21.3 Å². The molecule has 2 aromatic heterocycles. The molecule has 1 aliphatic heterocycles. The Morgan fingerprint density at radius 2 is 1.69 bits per heavy atom. The Balaban J connectivity index is 1.48. The number of hydrogen-bond donors (Lipinski definition) is 2. The van der Waals surface area contributed by atoms with Crippen molar-refractivity contribution in [3.63, 3.8) is 0 Å². The molecule has 2 unspecified atom stereocenters. The van der Waals surface area contributed by atoms with Crippen LogP contribution in [0.2, 0.25) is 0 Å². The predicted octanol–water partition coefficient (Wildman–Crippen LogP) is 6.87. The molecule has 0 radical (unpaired) electrons. The third kappa shape index (κ3) is 4.72. The van der Waals surface area contributed by atoms with Crippen LogP contribution < -0.4 is 10.2 Å². The summed E-state index contributed by atoms with van der Waals surface area (Å²) in [6, 6.07) is 20.6. The Bertz CT molecular complexity index is 1430. The number of pyridine rings is 1. The largest absolute Gasteiger partial charge is 0.362 e. The number of nitro groups is 1. The van der Waals surface area contributed by atoms with Gasteiger partial charge in [0.15, 0.2) is 5.11 Å². The number of nitro benzene ring substituents is 1. The van der Waals surface area contributed by atoms with E-state index >= 15 is 0 Å². The third-order valence-electron chi connectivity index (χ3n) is 6.14. The van der Waals surface area contributed by atoms with Gasteiger partial charge >= 0.3 is 0 Å². The maximum Gasteiger partial charge on any atom is 0.269 e. The van der Waals surface area contributed by atoms with Crippen molar-refractivity contribution in [2.75, 3.05) is 4.90 Å². The van der Waals surface area contributed by atoms with Crippen LogP contribution in [0.4, 0.5) is 11.4 Å². The molecule has 0 saturated carbocycles. The van der Waals surface area contributed by atoms with Crippen LogP contribution in [-0.4, -0.2) is 20.0 Å². The van der Waals surface area contributed by atoms with E-state index in [1.54, 1.807) is 23.9 Å². The SMILES string of the molecule is Cc1[nH]c(C)c(C2C(c3ccccn3)NC(=S)N2c2ccc(Sc3ccc([N+](=O)[O-])cc3)cc2)c1I. The zero-order valence-electron chi connectivity index (χ0n) is 19.4. The van der Waals surface area contributed by atoms with Crippen LogP contribution in [0.1, 0.15) is 34.7 Å². The molecular weight excluding hydrogens is 605 g/mol. The zero-order valence-corrected chi connectivity index (χ0v) is 23.2. The number of aromatic amines is 1. The lowest BCUT2D eigenvalue weighted by molar-refractivity contribution is -0.384. The Labute approximate surface area is 232 Å². The summed E-state index contributed by atoms with van der Waals surface area (Å²) in [4.78, 5) is 22.8. The van der Waals surface area contributed by atoms with E-state index in [-0.39, 0.29) is 22.7 Å². The molecule has 0 spiro atoms. The molecule has 3 heterocycles. The Kier molecular flexibility index (Phi) is 7.00. The quantitative estimate of drug-likeness (QED) is 0.105. The van der Waals surface area contributed by atoms with Crippen LogP contribution in [-0.2, 0) is 0 Å². The monoisotopic (exact) mass is 627 g/mol. The minimum atomic E-state index is -0.389. The summed E-state index contributed by atoms with van der Waals surface area (Å²) in [6.07, 6.45) is 1.81. The first-order chi connectivity index (χ1) is 17.3. The lowest BCUT2D eigenvalue weighted by Crippen LogP contribution is -2.29. The first-order valence-corrected chi connectivity index (χ1v) is 13.5. The van der Waals surface area contributed by atoms with E-state index in [9.17, 15) is 10.1 Å². The molecule has 4 aromatic rings. The van der Waals surface area contributed by atoms with Crippen molar-refractivity contribution in [2.24, 2.45) is 0 Å². The lowest BCUT2D eigenvalue weighted by Gasteiger charge is -2.28. The maximum absolute atomic E-state index is 10.9. The smallest absolute Gasteiger partial charge is 0.269 e. The molecule has 2 atom stereocenters. The van der Waals surface area contributed by atoms with E-state index < -0.39 is 0 Å². The minimum Gasteiger partial charge on any atom is -0.362 e. The summed E-state index contributed by atoms with van der Waals surface area (Å²) in [5.41, 5.74) is 5.47. The second-order valence-electron chi connectivity index (χ2n) is 8.45. The van der Waals surface area contributed by atoms with Crippen molar-refractivity contribution in [1.29, 1.82) is 0 Å². The van der Waals surface area contributed by atoms with Crippen LogP contribution in [0.5, 0.6) is 0 Å². The molecule has 2 aromatic carbocycles. The van der Waals surface area contributed by atoms with Crippen LogP contribution >= 0.6 is 46.6 Å². The fourth-order valence-corrected chi connectivity index (χ4v) is 6.52. The van der Waals surface area contributed by atoms with Crippen LogP contribution in [0, 0.1) is 27.5 Å². The average Bonchev–Trinajstić information content (AvgIpc) is 3.34. The molecule has 7 nitrogen and oxygen atoms in total. The fourth-order valence-electron chi connectivity index (χ4n) is 4.49. The number of non-ortho nitro benzene ring substituents is 1. The summed E-state index contributed by atoms with van der Waals surface area (Å²) in [5.74, 6) is 0. The number of nitrogens with zero attached hydrogens (tertiary/aromatic N) is 3. The Morgan fingerprint density at radius 3 is 2.25 bits per heavy atom. The van der Waals surface area contributed by atoms with E-state index in [0.29, 0.717) is 5.11 Å². The van der Waals surface area contributed by atoms with Gasteiger partial charge in [0.05, 0.1) is 22.7 Å². The number of anilines is 1. The molecule has 5 rings (SSSR count). The summed E-state index contributed by atoms with van der Waals surface area (Å²) in [5, 5.41) is 15.1. The van der Waals surface area contributed by atoms with E-state index in [0.717, 1.165) is 32.6 Å². The first-order valence-electron chi connectivity index (χ1n) is 11.2. The molecule has 0 amide bonds. The molecular formula is C26H22IN5O2S2. The highest BCUT2D eigenvalue weighted by Gasteiger charge is 2.43. The van der Waals surface area contributed by atoms with Gasteiger partial charge in [-0.05, 0) is 97.2 Å². The molecule has 0 bridgehead atoms. The van der Waals surface area contributed by atoms with Gasteiger partial charge in [0.1, 0.15) is 0 Å². The highest BCUT2D eigenvalue weighted by molar-refractivity contribution is 14.1. The number of thiocarbonyl (C=S) groups is 1. The average molecular weight is 628 g/mol. The first kappa shape index (κ1) is 24.7. The molecule has 1 saturated heterocycles. The van der Waals surface area contributed by atoms with Crippen molar-refractivity contribution in [2.45, 2.75) is 35.7 Å². The molecule has 182 valence electrons. The van der Waals surface area contributed by atoms with E-state index in [1.807, 2.05) is 24.4 Å². The van der Waals surface area contributed by atoms with Gasteiger partial charge in [-0.25, -0.2) is 0 Å². The number of H-pyrrole nitrogens is 1. The van der Waals surface area contributed by atoms with E-state index in [2.05, 4.69) is 80.9 Å². The Hall–Kier alpha value is -2.96. The van der Waals surface area contributed by atoms with Gasteiger partial charge < -0.3 is 15.2 Å². The highest BCUT2D eigenvalue weighted by atomic mass is 127. The molecule has 0 aliphatic carbocycles. The van der Waals surface area contributed by atoms with Gasteiger partial charge in [0, 0.05) is 54.3 Å². The summed E-state index contributed by atoms with van der Waals surface area (Å²) < 4.78 is 1.19. The number of aryl methyl sites for hydroxylation is 2. The van der Waals surface area contributed by atoms with Crippen molar-refractivity contribution in [3.8, 4) is 0 Å². The second-order valence-corrected chi connectivity index (χ2v) is 11.1. The fraction of sp³-hybridized carbons (Fsp3) is 0.154. The normalized spacial score (nSPS) is 17.3. The molecule has 10 heteroatoms. The highest BCUT2D eigenvalue weighted by Crippen LogP contribution is 2.45. The minimum absolute atomic E-state index is 0.0718. The molecule has 2 N–H and O–H groups in total. The van der Waals surface area contributed by atoms with Crippen LogP contribution in [0.25, 0.3) is 0 Å². The summed E-state index contributed by atoms with van der Waals surface area (Å²) >= 11 is 9.82. The van der Waals surface area contributed by atoms with Crippen LogP contribution in [0.3, 0.4) is 0 Å². The standard InChI is InChI=1S/C26H22IN5O2S2/c1-15-22(23(27)16(2)29-15)25-24(21-5-3-4-14-28-21)30-26(35)31(25)17-6-10-19(11-7-17)36-20-12-8-18(9-13-20)32(33)34/h3-14,24-25,29H,1-2H3,(H,30,35). The summed E-state index contributed by atoms with van der Waals surface area (Å²) in [7, 11) is 0. The Morgan fingerprint density at radius 1 is 1.03 bits per heavy atom. The van der Waals surface area contributed by atoms with Crippen molar-refractivity contribution >= 4 is 63.1 Å². The topological polar surface area (TPSA) is 87.1 Å². The van der Waals surface area contributed by atoms with Crippen LogP contribution in [0.15, 0.2) is 82.7 Å². The number of rotatable bonds is 6. The van der Waals surface area contributed by atoms with E-state index in [4.69, 9.17) is 12.2 Å². The number of halogens is 1. The van der Waals surface area contributed by atoms with Crippen molar-refractivity contribution in [3.05, 3.63) is 109 Å². The number of benzene rings is 2. The van der Waals surface area contributed by atoms with Crippen molar-refractivity contribution < 1.29 is 4.92 Å². The van der Waals surface area contributed by atoms with Gasteiger partial charge in [0.25, 0.3) is 5.69 Å². The third-order valence-corrected chi connectivity index (χ3v) is 8.86. The maximum atomic E-state index is 10.9. The zero-order chi connectivity index (χ0) is 25.4. The molecule has 36 heavy (non-hydrogen) atoms. The summed E-state index contributed by atoms with van der Waals surface area (Å²) in [6.45, 7) is 4.19.